The molecule has 0 unspecified atom stereocenters. The number of hydrogen-bond acceptors (Lipinski definition) is 6. The third-order valence-corrected chi connectivity index (χ3v) is 5.57. The minimum absolute atomic E-state index is 0.104. The first kappa shape index (κ1) is 20.1. The van der Waals surface area contributed by atoms with Crippen LogP contribution >= 0.6 is 0 Å². The van der Waals surface area contributed by atoms with E-state index in [1.807, 2.05) is 36.9 Å². The molecule has 1 aliphatic rings. The molecular weight excluding hydrogens is 378 g/mol. The zero-order valence-corrected chi connectivity index (χ0v) is 17.7. The Kier molecular flexibility index (Phi) is 5.79. The molecular formula is C23H27N5O2. The van der Waals surface area contributed by atoms with Crippen LogP contribution in [0, 0.1) is 13.8 Å². The summed E-state index contributed by atoms with van der Waals surface area (Å²) in [4.78, 5) is 25.9. The predicted molar refractivity (Wildman–Crippen MR) is 115 cm³/mol. The highest BCUT2D eigenvalue weighted by molar-refractivity contribution is 5.91. The summed E-state index contributed by atoms with van der Waals surface area (Å²) in [6.45, 7) is 8.73. The molecule has 1 saturated heterocycles. The highest BCUT2D eigenvalue weighted by Gasteiger charge is 2.26. The summed E-state index contributed by atoms with van der Waals surface area (Å²) in [6.07, 6.45) is 2.51. The van der Waals surface area contributed by atoms with Crippen molar-refractivity contribution in [1.29, 1.82) is 0 Å². The summed E-state index contributed by atoms with van der Waals surface area (Å²) in [5, 5.41) is 4.13. The van der Waals surface area contributed by atoms with Crippen LogP contribution in [0.3, 0.4) is 0 Å². The Hall–Kier alpha value is -3.22. The number of piperazine rings is 1. The number of aryl methyl sites for hydroxylation is 2. The van der Waals surface area contributed by atoms with Gasteiger partial charge in [0.1, 0.15) is 5.82 Å². The van der Waals surface area contributed by atoms with E-state index in [1.165, 1.54) is 5.56 Å². The fourth-order valence-corrected chi connectivity index (χ4v) is 3.82. The lowest BCUT2D eigenvalue weighted by Gasteiger charge is -2.35. The maximum Gasteiger partial charge on any atom is 0.292 e. The first-order valence-corrected chi connectivity index (χ1v) is 10.4. The Morgan fingerprint density at radius 1 is 1.13 bits per heavy atom. The molecule has 0 spiro atoms. The molecule has 1 atom stereocenters. The van der Waals surface area contributed by atoms with Crippen molar-refractivity contribution in [3.63, 3.8) is 0 Å². The molecule has 2 aromatic heterocycles. The molecule has 0 saturated carbocycles. The number of carbonyl (C=O) groups is 1. The van der Waals surface area contributed by atoms with E-state index in [2.05, 4.69) is 39.1 Å². The van der Waals surface area contributed by atoms with Gasteiger partial charge in [-0.3, -0.25) is 9.78 Å². The number of hydrogen-bond donors (Lipinski definition) is 0. The maximum absolute atomic E-state index is 12.9. The van der Waals surface area contributed by atoms with Gasteiger partial charge in [0.25, 0.3) is 5.91 Å². The molecule has 1 fully saturated rings. The number of nitrogens with zero attached hydrogens (tertiary/aromatic N) is 5. The SMILES string of the molecule is Cc1cnc(C)c(N2CCN(C(=O)c3cc(C[C@@H](C)c4ccccc4)no3)CC2)n1. The standard InChI is InChI=1S/C23H27N5O2/c1-16(19-7-5-4-6-8-19)13-20-14-21(30-26-20)23(29)28-11-9-27(10-12-28)22-18(3)24-15-17(2)25-22/h4-8,14-16H,9-13H2,1-3H3/t16-/m1/s1. The van der Waals surface area contributed by atoms with Crippen LogP contribution in [-0.2, 0) is 6.42 Å². The van der Waals surface area contributed by atoms with Crippen molar-refractivity contribution in [2.75, 3.05) is 31.1 Å². The van der Waals surface area contributed by atoms with Crippen molar-refractivity contribution in [1.82, 2.24) is 20.0 Å². The van der Waals surface area contributed by atoms with Crippen LogP contribution in [0.5, 0.6) is 0 Å². The lowest BCUT2D eigenvalue weighted by atomic mass is 9.96. The van der Waals surface area contributed by atoms with Crippen LogP contribution in [0.25, 0.3) is 0 Å². The lowest BCUT2D eigenvalue weighted by Crippen LogP contribution is -2.49. The first-order chi connectivity index (χ1) is 14.5. The highest BCUT2D eigenvalue weighted by atomic mass is 16.5. The van der Waals surface area contributed by atoms with E-state index in [1.54, 1.807) is 12.3 Å². The van der Waals surface area contributed by atoms with Gasteiger partial charge in [-0.1, -0.05) is 42.4 Å². The molecule has 0 bridgehead atoms. The van der Waals surface area contributed by atoms with Crippen molar-refractivity contribution in [3.05, 3.63) is 71.0 Å². The monoisotopic (exact) mass is 405 g/mol. The number of amides is 1. The fraction of sp³-hybridized carbons (Fsp3) is 0.391. The van der Waals surface area contributed by atoms with Crippen LogP contribution in [0.15, 0.2) is 47.1 Å². The summed E-state index contributed by atoms with van der Waals surface area (Å²) in [6, 6.07) is 12.1. The second-order valence-corrected chi connectivity index (χ2v) is 7.90. The molecule has 1 amide bonds. The number of aromatic nitrogens is 3. The number of carbonyl (C=O) groups excluding carboxylic acids is 1. The molecule has 0 aliphatic carbocycles. The minimum Gasteiger partial charge on any atom is -0.352 e. The van der Waals surface area contributed by atoms with E-state index in [9.17, 15) is 4.79 Å². The van der Waals surface area contributed by atoms with Gasteiger partial charge in [-0.2, -0.15) is 0 Å². The molecule has 30 heavy (non-hydrogen) atoms. The van der Waals surface area contributed by atoms with E-state index in [4.69, 9.17) is 4.52 Å². The van der Waals surface area contributed by atoms with Crippen molar-refractivity contribution >= 4 is 11.7 Å². The van der Waals surface area contributed by atoms with Crippen LogP contribution < -0.4 is 4.90 Å². The van der Waals surface area contributed by atoms with E-state index < -0.39 is 0 Å². The minimum atomic E-state index is -0.104. The van der Waals surface area contributed by atoms with Gasteiger partial charge in [-0.25, -0.2) is 4.98 Å². The molecule has 3 aromatic rings. The van der Waals surface area contributed by atoms with E-state index in [0.29, 0.717) is 24.8 Å². The number of anilines is 1. The van der Waals surface area contributed by atoms with Gasteiger partial charge in [-0.05, 0) is 31.7 Å². The van der Waals surface area contributed by atoms with Gasteiger partial charge < -0.3 is 14.3 Å². The predicted octanol–water partition coefficient (Wildman–Crippen LogP) is 3.39. The summed E-state index contributed by atoms with van der Waals surface area (Å²) in [5.74, 6) is 1.42. The van der Waals surface area contributed by atoms with E-state index in [0.717, 1.165) is 42.4 Å². The largest absolute Gasteiger partial charge is 0.352 e. The Morgan fingerprint density at radius 2 is 1.87 bits per heavy atom. The van der Waals surface area contributed by atoms with Crippen molar-refractivity contribution in [3.8, 4) is 0 Å². The van der Waals surface area contributed by atoms with Crippen LogP contribution in [0.4, 0.5) is 5.82 Å². The molecule has 7 heteroatoms. The fourth-order valence-electron chi connectivity index (χ4n) is 3.82. The van der Waals surface area contributed by atoms with Gasteiger partial charge in [-0.15, -0.1) is 0 Å². The highest BCUT2D eigenvalue weighted by Crippen LogP contribution is 2.22. The molecule has 0 radical (unpaired) electrons. The zero-order chi connectivity index (χ0) is 21.1. The quantitative estimate of drug-likeness (QED) is 0.648. The summed E-state index contributed by atoms with van der Waals surface area (Å²) >= 11 is 0. The van der Waals surface area contributed by atoms with Crippen LogP contribution in [-0.4, -0.2) is 52.1 Å². The Morgan fingerprint density at radius 3 is 2.60 bits per heavy atom. The molecule has 0 N–H and O–H groups in total. The summed E-state index contributed by atoms with van der Waals surface area (Å²) in [5.41, 5.74) is 3.86. The zero-order valence-electron chi connectivity index (χ0n) is 17.7. The maximum atomic E-state index is 12.9. The second kappa shape index (κ2) is 8.65. The normalized spacial score (nSPS) is 15.3. The van der Waals surface area contributed by atoms with Gasteiger partial charge in [0.2, 0.25) is 5.76 Å². The van der Waals surface area contributed by atoms with Gasteiger partial charge >= 0.3 is 0 Å². The van der Waals surface area contributed by atoms with E-state index in [-0.39, 0.29) is 5.91 Å². The second-order valence-electron chi connectivity index (χ2n) is 7.90. The van der Waals surface area contributed by atoms with Crippen LogP contribution in [0.2, 0.25) is 0 Å². The molecule has 156 valence electrons. The smallest absolute Gasteiger partial charge is 0.292 e. The third kappa shape index (κ3) is 4.35. The molecule has 4 rings (SSSR count). The van der Waals surface area contributed by atoms with E-state index >= 15 is 0 Å². The Labute approximate surface area is 176 Å². The average molecular weight is 406 g/mol. The van der Waals surface area contributed by atoms with Crippen LogP contribution in [0.1, 0.15) is 46.0 Å². The number of rotatable bonds is 5. The van der Waals surface area contributed by atoms with Crippen molar-refractivity contribution in [2.45, 2.75) is 33.1 Å². The number of benzene rings is 1. The summed E-state index contributed by atoms with van der Waals surface area (Å²) < 4.78 is 5.39. The molecule has 1 aliphatic heterocycles. The van der Waals surface area contributed by atoms with Crippen molar-refractivity contribution < 1.29 is 9.32 Å². The molecule has 1 aromatic carbocycles. The van der Waals surface area contributed by atoms with Gasteiger partial charge in [0.15, 0.2) is 0 Å². The Bertz CT molecular complexity index is 1010. The molecule has 3 heterocycles. The van der Waals surface area contributed by atoms with Crippen molar-refractivity contribution in [2.24, 2.45) is 0 Å². The van der Waals surface area contributed by atoms with Gasteiger partial charge in [0, 0.05) is 38.4 Å². The Balaban J connectivity index is 1.36. The van der Waals surface area contributed by atoms with Gasteiger partial charge in [0.05, 0.1) is 17.1 Å². The first-order valence-electron chi connectivity index (χ1n) is 10.4. The molecule has 7 nitrogen and oxygen atoms in total. The lowest BCUT2D eigenvalue weighted by molar-refractivity contribution is 0.0704. The third-order valence-electron chi connectivity index (χ3n) is 5.57. The summed E-state index contributed by atoms with van der Waals surface area (Å²) in [7, 11) is 0. The average Bonchev–Trinajstić information content (AvgIpc) is 3.24. The topological polar surface area (TPSA) is 75.4 Å².